The summed E-state index contributed by atoms with van der Waals surface area (Å²) in [5.41, 5.74) is -0.855. The highest BCUT2D eigenvalue weighted by atomic mass is 19.4. The van der Waals surface area contributed by atoms with Gasteiger partial charge >= 0.3 is 6.18 Å². The molecule has 2 aliphatic rings. The van der Waals surface area contributed by atoms with Crippen LogP contribution in [0.2, 0.25) is 0 Å². The normalized spacial score (nSPS) is 29.5. The molecule has 3 nitrogen and oxygen atoms in total. The minimum absolute atomic E-state index is 0.155. The van der Waals surface area contributed by atoms with Crippen molar-refractivity contribution in [2.75, 3.05) is 6.54 Å². The number of β-amino-alcohol motifs (C(OH)–C–C–N with tert-alkyl or cyclic N) is 1. The van der Waals surface area contributed by atoms with E-state index in [1.54, 1.807) is 0 Å². The molecule has 0 saturated carbocycles. The Balaban J connectivity index is 1.74. The van der Waals surface area contributed by atoms with Gasteiger partial charge in [-0.1, -0.05) is 24.3 Å². The van der Waals surface area contributed by atoms with Crippen LogP contribution in [0, 0.1) is 5.92 Å². The van der Waals surface area contributed by atoms with Crippen LogP contribution in [0.3, 0.4) is 0 Å². The standard InChI is InChI=1S/C21H26F3NO2/c1-20(12-11-17(26)14-25-20)13-19(15-5-3-2-4-6-15)27-18-9-7-16(8-10-18)21(22,23)24/h2-5,7-10,15,17,19,25-26H,6,11-14H2,1H3/t15-,17?,19-,20?/m1/s1. The zero-order valence-corrected chi connectivity index (χ0v) is 15.4. The maximum absolute atomic E-state index is 12.8. The molecule has 0 spiro atoms. The molecule has 0 aromatic heterocycles. The predicted octanol–water partition coefficient (Wildman–Crippen LogP) is 4.48. The van der Waals surface area contributed by atoms with Crippen molar-refractivity contribution in [1.29, 1.82) is 0 Å². The molecular formula is C21H26F3NO2. The molecule has 1 aromatic rings. The number of piperidine rings is 1. The molecule has 3 rings (SSSR count). The Labute approximate surface area is 157 Å². The van der Waals surface area contributed by atoms with Crippen LogP contribution in [-0.2, 0) is 6.18 Å². The van der Waals surface area contributed by atoms with Crippen LogP contribution >= 0.6 is 0 Å². The van der Waals surface area contributed by atoms with E-state index < -0.39 is 11.7 Å². The number of ether oxygens (including phenoxy) is 1. The van der Waals surface area contributed by atoms with E-state index in [-0.39, 0.29) is 23.7 Å². The van der Waals surface area contributed by atoms with Gasteiger partial charge in [0, 0.05) is 24.4 Å². The fourth-order valence-corrected chi connectivity index (χ4v) is 3.71. The number of hydrogen-bond donors (Lipinski definition) is 2. The van der Waals surface area contributed by atoms with Crippen LogP contribution < -0.4 is 10.1 Å². The van der Waals surface area contributed by atoms with Gasteiger partial charge in [-0.15, -0.1) is 0 Å². The van der Waals surface area contributed by atoms with Crippen molar-refractivity contribution < 1.29 is 23.0 Å². The van der Waals surface area contributed by atoms with Crippen molar-refractivity contribution in [3.63, 3.8) is 0 Å². The highest BCUT2D eigenvalue weighted by Crippen LogP contribution is 2.33. The first-order valence-electron chi connectivity index (χ1n) is 9.35. The topological polar surface area (TPSA) is 41.5 Å². The van der Waals surface area contributed by atoms with Crippen molar-refractivity contribution in [1.82, 2.24) is 5.32 Å². The van der Waals surface area contributed by atoms with E-state index in [0.717, 1.165) is 31.4 Å². The summed E-state index contributed by atoms with van der Waals surface area (Å²) in [5.74, 6) is 0.596. The van der Waals surface area contributed by atoms with Crippen molar-refractivity contribution in [3.8, 4) is 5.75 Å². The molecule has 1 fully saturated rings. The number of allylic oxidation sites excluding steroid dienone is 3. The lowest BCUT2D eigenvalue weighted by molar-refractivity contribution is -0.137. The van der Waals surface area contributed by atoms with Crippen LogP contribution in [0.25, 0.3) is 0 Å². The summed E-state index contributed by atoms with van der Waals surface area (Å²) in [6.45, 7) is 2.66. The summed E-state index contributed by atoms with van der Waals surface area (Å²) in [6, 6.07) is 4.89. The van der Waals surface area contributed by atoms with Crippen LogP contribution in [-0.4, -0.2) is 29.4 Å². The van der Waals surface area contributed by atoms with Crippen LogP contribution in [0.15, 0.2) is 48.6 Å². The van der Waals surface area contributed by atoms with Gasteiger partial charge in [0.25, 0.3) is 0 Å². The molecule has 0 radical (unpaired) electrons. The fraction of sp³-hybridized carbons (Fsp3) is 0.524. The van der Waals surface area contributed by atoms with E-state index in [4.69, 9.17) is 4.74 Å². The number of aliphatic hydroxyl groups excluding tert-OH is 1. The van der Waals surface area contributed by atoms with E-state index in [9.17, 15) is 18.3 Å². The predicted molar refractivity (Wildman–Crippen MR) is 98.5 cm³/mol. The molecule has 2 unspecified atom stereocenters. The van der Waals surface area contributed by atoms with Gasteiger partial charge in [-0.2, -0.15) is 13.2 Å². The van der Waals surface area contributed by atoms with Crippen LogP contribution in [0.5, 0.6) is 5.75 Å². The Morgan fingerprint density at radius 2 is 2.00 bits per heavy atom. The molecule has 4 atom stereocenters. The molecule has 1 aliphatic heterocycles. The zero-order valence-electron chi connectivity index (χ0n) is 15.4. The van der Waals surface area contributed by atoms with Gasteiger partial charge in [0.05, 0.1) is 11.7 Å². The van der Waals surface area contributed by atoms with Crippen LogP contribution in [0.4, 0.5) is 13.2 Å². The summed E-state index contributed by atoms with van der Waals surface area (Å²) in [5, 5.41) is 13.2. The second-order valence-electron chi connectivity index (χ2n) is 7.73. The quantitative estimate of drug-likeness (QED) is 0.790. The Morgan fingerprint density at radius 3 is 2.56 bits per heavy atom. The number of alkyl halides is 3. The highest BCUT2D eigenvalue weighted by molar-refractivity contribution is 5.29. The molecule has 0 bridgehead atoms. The number of rotatable bonds is 5. The van der Waals surface area contributed by atoms with E-state index in [0.29, 0.717) is 18.7 Å². The van der Waals surface area contributed by atoms with E-state index in [1.807, 2.05) is 12.2 Å². The average molecular weight is 381 g/mol. The summed E-state index contributed by atoms with van der Waals surface area (Å²) in [4.78, 5) is 0. The van der Waals surface area contributed by atoms with Gasteiger partial charge in [-0.05, 0) is 50.5 Å². The minimum Gasteiger partial charge on any atom is -0.490 e. The Bertz CT molecular complexity index is 674. The SMILES string of the molecule is CC1(C[C@@H](Oc2ccc(C(F)(F)F)cc2)[C@@H]2C=CC=CC2)CCC(O)CN1. The second kappa shape index (κ2) is 8.07. The van der Waals surface area contributed by atoms with E-state index >= 15 is 0 Å². The van der Waals surface area contributed by atoms with Crippen molar-refractivity contribution >= 4 is 0 Å². The molecule has 1 aliphatic carbocycles. The molecule has 1 saturated heterocycles. The summed E-state index contributed by atoms with van der Waals surface area (Å²) < 4.78 is 44.5. The first-order valence-corrected chi connectivity index (χ1v) is 9.35. The lowest BCUT2D eigenvalue weighted by Crippen LogP contribution is -2.53. The average Bonchev–Trinajstić information content (AvgIpc) is 2.64. The Kier molecular flexibility index (Phi) is 5.96. The van der Waals surface area contributed by atoms with Crippen LogP contribution in [0.1, 0.15) is 38.2 Å². The van der Waals surface area contributed by atoms with E-state index in [2.05, 4.69) is 24.4 Å². The number of benzene rings is 1. The van der Waals surface area contributed by atoms with Crippen molar-refractivity contribution in [3.05, 3.63) is 54.1 Å². The molecule has 6 heteroatoms. The monoisotopic (exact) mass is 381 g/mol. The van der Waals surface area contributed by atoms with Gasteiger partial charge in [0.2, 0.25) is 0 Å². The molecule has 1 heterocycles. The lowest BCUT2D eigenvalue weighted by Gasteiger charge is -2.41. The summed E-state index contributed by atoms with van der Waals surface area (Å²) in [7, 11) is 0. The maximum Gasteiger partial charge on any atom is 0.416 e. The number of aliphatic hydroxyl groups is 1. The summed E-state index contributed by atoms with van der Waals surface area (Å²) >= 11 is 0. The Morgan fingerprint density at radius 1 is 1.26 bits per heavy atom. The third-order valence-corrected chi connectivity index (χ3v) is 5.41. The minimum atomic E-state index is -4.35. The van der Waals surface area contributed by atoms with Gasteiger partial charge in [0.1, 0.15) is 11.9 Å². The third kappa shape index (κ3) is 5.36. The first-order chi connectivity index (χ1) is 12.8. The third-order valence-electron chi connectivity index (χ3n) is 5.41. The molecule has 148 valence electrons. The number of halogens is 3. The number of hydrogen-bond acceptors (Lipinski definition) is 3. The Hall–Kier alpha value is -1.79. The van der Waals surface area contributed by atoms with Gasteiger partial charge in [-0.25, -0.2) is 0 Å². The van der Waals surface area contributed by atoms with E-state index in [1.165, 1.54) is 12.1 Å². The largest absolute Gasteiger partial charge is 0.490 e. The fourth-order valence-electron chi connectivity index (χ4n) is 3.71. The lowest BCUT2D eigenvalue weighted by atomic mass is 9.80. The number of nitrogens with one attached hydrogen (secondary N) is 1. The summed E-state index contributed by atoms with van der Waals surface area (Å²) in [6.07, 6.45) is 6.40. The highest BCUT2D eigenvalue weighted by Gasteiger charge is 2.36. The van der Waals surface area contributed by atoms with Gasteiger partial charge in [-0.3, -0.25) is 0 Å². The van der Waals surface area contributed by atoms with Gasteiger partial charge in [0.15, 0.2) is 0 Å². The van der Waals surface area contributed by atoms with Gasteiger partial charge < -0.3 is 15.2 Å². The first kappa shape index (κ1) is 20.0. The molecular weight excluding hydrogens is 355 g/mol. The second-order valence-corrected chi connectivity index (χ2v) is 7.73. The zero-order chi connectivity index (χ0) is 19.5. The smallest absolute Gasteiger partial charge is 0.416 e. The molecule has 2 N–H and O–H groups in total. The van der Waals surface area contributed by atoms with Crippen molar-refractivity contribution in [2.45, 2.75) is 56.5 Å². The molecule has 27 heavy (non-hydrogen) atoms. The maximum atomic E-state index is 12.8. The van der Waals surface area contributed by atoms with Crippen molar-refractivity contribution in [2.24, 2.45) is 5.92 Å². The molecule has 1 aromatic carbocycles. The molecule has 0 amide bonds.